The number of nitrogens with zero attached hydrogens (tertiary/aromatic N) is 2. The van der Waals surface area contributed by atoms with Crippen molar-refractivity contribution in [2.24, 2.45) is 5.92 Å². The van der Waals surface area contributed by atoms with E-state index in [1.165, 1.54) is 12.1 Å². The van der Waals surface area contributed by atoms with Gasteiger partial charge in [-0.1, -0.05) is 24.3 Å². The van der Waals surface area contributed by atoms with Crippen molar-refractivity contribution in [2.75, 3.05) is 32.9 Å². The standard InChI is InChI=1S/C30H27F3N2O3/c1-30(32,33)20-4-8-23-25-15-34-26-13-21(36)5-9-24(26)28(25)29(38-27(23)12-20)19-2-6-22(7-3-19)37-11-10-35-16-18(14-31)17-35/h2-9,12-13,15,18,29,36H,10-11,14,16-17H2,1H3. The van der Waals surface area contributed by atoms with Gasteiger partial charge in [0.05, 0.1) is 12.2 Å². The molecule has 1 atom stereocenters. The molecule has 5 nitrogen and oxygen atoms in total. The molecule has 1 aromatic heterocycles. The summed E-state index contributed by atoms with van der Waals surface area (Å²) in [6, 6.07) is 17.0. The average Bonchev–Trinajstić information content (AvgIpc) is 2.88. The van der Waals surface area contributed by atoms with Crippen molar-refractivity contribution in [1.29, 1.82) is 0 Å². The predicted molar refractivity (Wildman–Crippen MR) is 139 cm³/mol. The topological polar surface area (TPSA) is 54.8 Å². The summed E-state index contributed by atoms with van der Waals surface area (Å²) in [5, 5.41) is 10.8. The molecule has 1 N–H and O–H groups in total. The smallest absolute Gasteiger partial charge is 0.270 e. The summed E-state index contributed by atoms with van der Waals surface area (Å²) in [5.74, 6) is -1.69. The maximum absolute atomic E-state index is 14.1. The Morgan fingerprint density at radius 1 is 1.05 bits per heavy atom. The van der Waals surface area contributed by atoms with Crippen LogP contribution in [0.5, 0.6) is 17.2 Å². The molecule has 0 spiro atoms. The third-order valence-electron chi connectivity index (χ3n) is 7.29. The molecule has 2 aliphatic rings. The van der Waals surface area contributed by atoms with Crippen LogP contribution < -0.4 is 9.47 Å². The molecule has 3 heterocycles. The summed E-state index contributed by atoms with van der Waals surface area (Å²) in [6.45, 7) is 3.37. The Labute approximate surface area is 218 Å². The number of phenolic OH excluding ortho intramolecular Hbond substituents is 1. The number of hydrogen-bond acceptors (Lipinski definition) is 5. The highest BCUT2D eigenvalue weighted by Gasteiger charge is 2.33. The zero-order chi connectivity index (χ0) is 26.4. The zero-order valence-electron chi connectivity index (χ0n) is 20.8. The Hall–Kier alpha value is -3.78. The molecule has 1 saturated heterocycles. The summed E-state index contributed by atoms with van der Waals surface area (Å²) in [5.41, 5.74) is 3.65. The van der Waals surface area contributed by atoms with Crippen LogP contribution in [-0.2, 0) is 5.92 Å². The third-order valence-corrected chi connectivity index (χ3v) is 7.29. The number of aromatic hydroxyl groups is 1. The van der Waals surface area contributed by atoms with Crippen LogP contribution in [-0.4, -0.2) is 47.9 Å². The lowest BCUT2D eigenvalue weighted by molar-refractivity contribution is 0.0171. The SMILES string of the molecule is CC(F)(F)c1ccc2c(c1)OC(c1ccc(OCCN3CC(CF)C3)cc1)c1c-2cnc2cc(O)ccc12. The fourth-order valence-corrected chi connectivity index (χ4v) is 5.22. The number of alkyl halides is 3. The second-order valence-electron chi connectivity index (χ2n) is 10.1. The molecule has 0 amide bonds. The molecular weight excluding hydrogens is 493 g/mol. The number of pyridine rings is 1. The molecule has 0 radical (unpaired) electrons. The van der Waals surface area contributed by atoms with Crippen molar-refractivity contribution < 1.29 is 27.8 Å². The lowest BCUT2D eigenvalue weighted by Gasteiger charge is -2.37. The lowest BCUT2D eigenvalue weighted by atomic mass is 9.87. The van der Waals surface area contributed by atoms with Crippen LogP contribution in [0.25, 0.3) is 22.0 Å². The van der Waals surface area contributed by atoms with E-state index < -0.39 is 12.0 Å². The van der Waals surface area contributed by atoms with Crippen LogP contribution >= 0.6 is 0 Å². The van der Waals surface area contributed by atoms with Gasteiger partial charge in [0.2, 0.25) is 0 Å². The third kappa shape index (κ3) is 4.53. The Kier molecular flexibility index (Phi) is 6.14. The number of halogens is 3. The van der Waals surface area contributed by atoms with E-state index in [1.807, 2.05) is 24.3 Å². The first kappa shape index (κ1) is 24.6. The minimum atomic E-state index is -3.00. The molecule has 3 aromatic carbocycles. The van der Waals surface area contributed by atoms with Gasteiger partial charge in [0.25, 0.3) is 5.92 Å². The van der Waals surface area contributed by atoms with E-state index in [4.69, 9.17) is 9.47 Å². The van der Waals surface area contributed by atoms with Crippen molar-refractivity contribution in [1.82, 2.24) is 9.88 Å². The highest BCUT2D eigenvalue weighted by Crippen LogP contribution is 2.48. The van der Waals surface area contributed by atoms with Crippen LogP contribution in [0.15, 0.2) is 66.9 Å². The Morgan fingerprint density at radius 2 is 1.84 bits per heavy atom. The van der Waals surface area contributed by atoms with E-state index in [-0.39, 0.29) is 23.9 Å². The first-order chi connectivity index (χ1) is 18.3. The quantitative estimate of drug-likeness (QED) is 0.302. The molecule has 8 heteroatoms. The van der Waals surface area contributed by atoms with Gasteiger partial charge in [0, 0.05) is 72.4 Å². The first-order valence-corrected chi connectivity index (χ1v) is 12.6. The van der Waals surface area contributed by atoms with Crippen LogP contribution in [0.4, 0.5) is 13.2 Å². The van der Waals surface area contributed by atoms with E-state index in [0.29, 0.717) is 29.2 Å². The Bertz CT molecular complexity index is 1480. The summed E-state index contributed by atoms with van der Waals surface area (Å²) in [7, 11) is 0. The van der Waals surface area contributed by atoms with Gasteiger partial charge in [-0.25, -0.2) is 8.78 Å². The van der Waals surface area contributed by atoms with Gasteiger partial charge in [0.1, 0.15) is 23.9 Å². The van der Waals surface area contributed by atoms with E-state index in [0.717, 1.165) is 48.6 Å². The molecule has 0 aliphatic carbocycles. The molecular formula is C30H27F3N2O3. The summed E-state index contributed by atoms with van der Waals surface area (Å²) < 4.78 is 53.2. The zero-order valence-corrected chi connectivity index (χ0v) is 20.8. The predicted octanol–water partition coefficient (Wildman–Crippen LogP) is 6.48. The number of fused-ring (bicyclic) bond motifs is 5. The molecule has 196 valence electrons. The van der Waals surface area contributed by atoms with Crippen molar-refractivity contribution in [2.45, 2.75) is 19.0 Å². The number of rotatable bonds is 7. The molecule has 1 unspecified atom stereocenters. The van der Waals surface area contributed by atoms with Gasteiger partial charge >= 0.3 is 0 Å². The first-order valence-electron chi connectivity index (χ1n) is 12.6. The van der Waals surface area contributed by atoms with Crippen molar-refractivity contribution in [3.05, 3.63) is 83.6 Å². The van der Waals surface area contributed by atoms with Crippen molar-refractivity contribution in [3.8, 4) is 28.4 Å². The van der Waals surface area contributed by atoms with Gasteiger partial charge in [-0.2, -0.15) is 0 Å². The van der Waals surface area contributed by atoms with E-state index in [9.17, 15) is 18.3 Å². The minimum absolute atomic E-state index is 0.105. The lowest BCUT2D eigenvalue weighted by Crippen LogP contribution is -2.49. The number of phenols is 1. The number of benzene rings is 3. The van der Waals surface area contributed by atoms with Gasteiger partial charge in [-0.3, -0.25) is 14.3 Å². The van der Waals surface area contributed by atoms with E-state index >= 15 is 0 Å². The van der Waals surface area contributed by atoms with Gasteiger partial charge < -0.3 is 14.6 Å². The summed E-state index contributed by atoms with van der Waals surface area (Å²) >= 11 is 0. The number of likely N-dealkylation sites (tertiary alicyclic amines) is 1. The Balaban J connectivity index is 1.32. The fourth-order valence-electron chi connectivity index (χ4n) is 5.22. The molecule has 0 bridgehead atoms. The maximum Gasteiger partial charge on any atom is 0.270 e. The highest BCUT2D eigenvalue weighted by molar-refractivity contribution is 5.92. The molecule has 1 fully saturated rings. The van der Waals surface area contributed by atoms with Crippen LogP contribution in [0, 0.1) is 5.92 Å². The van der Waals surface area contributed by atoms with Crippen LogP contribution in [0.2, 0.25) is 0 Å². The van der Waals surface area contributed by atoms with E-state index in [1.54, 1.807) is 30.5 Å². The average molecular weight is 521 g/mol. The van der Waals surface area contributed by atoms with Crippen molar-refractivity contribution in [3.63, 3.8) is 0 Å². The largest absolute Gasteiger partial charge is 0.508 e. The number of aromatic nitrogens is 1. The molecule has 4 aromatic rings. The summed E-state index contributed by atoms with van der Waals surface area (Å²) in [6.07, 6.45) is 1.12. The molecule has 6 rings (SSSR count). The minimum Gasteiger partial charge on any atom is -0.508 e. The molecule has 2 aliphatic heterocycles. The second-order valence-corrected chi connectivity index (χ2v) is 10.1. The fraction of sp³-hybridized carbons (Fsp3) is 0.300. The number of ether oxygens (including phenoxy) is 2. The molecule has 38 heavy (non-hydrogen) atoms. The van der Waals surface area contributed by atoms with Crippen LogP contribution in [0.3, 0.4) is 0 Å². The monoisotopic (exact) mass is 520 g/mol. The molecule has 0 saturated carbocycles. The second kappa shape index (κ2) is 9.51. The van der Waals surface area contributed by atoms with Gasteiger partial charge in [-0.05, 0) is 35.9 Å². The Morgan fingerprint density at radius 3 is 2.58 bits per heavy atom. The normalized spacial score (nSPS) is 17.4. The van der Waals surface area contributed by atoms with Gasteiger partial charge in [0.15, 0.2) is 6.10 Å². The van der Waals surface area contributed by atoms with Gasteiger partial charge in [-0.15, -0.1) is 0 Å². The van der Waals surface area contributed by atoms with E-state index in [2.05, 4.69) is 9.88 Å². The number of hydrogen-bond donors (Lipinski definition) is 1. The van der Waals surface area contributed by atoms with Crippen molar-refractivity contribution >= 4 is 10.9 Å². The maximum atomic E-state index is 14.1. The highest BCUT2D eigenvalue weighted by atomic mass is 19.3. The van der Waals surface area contributed by atoms with Crippen LogP contribution in [0.1, 0.15) is 29.7 Å². The summed E-state index contributed by atoms with van der Waals surface area (Å²) in [4.78, 5) is 6.69.